The lowest BCUT2D eigenvalue weighted by atomic mass is 9.97. The normalized spacial score (nSPS) is 11.9. The fraction of sp³-hybridized carbons (Fsp3) is 0.316. The number of aliphatic hydroxyl groups is 1. The molecule has 2 aromatic carbocycles. The molecule has 0 saturated carbocycles. The Balaban J connectivity index is 1.91. The first-order valence-corrected chi connectivity index (χ1v) is 7.90. The molecule has 4 nitrogen and oxygen atoms in total. The summed E-state index contributed by atoms with van der Waals surface area (Å²) >= 11 is 0. The van der Waals surface area contributed by atoms with Crippen LogP contribution in [0.4, 0.5) is 4.79 Å². The van der Waals surface area contributed by atoms with Crippen molar-refractivity contribution in [2.24, 2.45) is 0 Å². The number of nitrogens with one attached hydrogen (secondary N) is 1. The van der Waals surface area contributed by atoms with Gasteiger partial charge in [-0.2, -0.15) is 0 Å². The van der Waals surface area contributed by atoms with Crippen molar-refractivity contribution in [2.45, 2.75) is 38.3 Å². The van der Waals surface area contributed by atoms with Gasteiger partial charge in [-0.1, -0.05) is 54.6 Å². The Bertz CT molecular complexity index is 613. The molecule has 0 aliphatic carbocycles. The van der Waals surface area contributed by atoms with Gasteiger partial charge < -0.3 is 15.5 Å². The topological polar surface area (TPSA) is 69.6 Å². The van der Waals surface area contributed by atoms with Gasteiger partial charge in [0.1, 0.15) is 0 Å². The molecule has 1 amide bonds. The first-order valence-electron chi connectivity index (χ1n) is 7.90. The van der Waals surface area contributed by atoms with Gasteiger partial charge in [0.15, 0.2) is 0 Å². The molecule has 1 unspecified atom stereocenters. The van der Waals surface area contributed by atoms with Gasteiger partial charge in [0, 0.05) is 6.04 Å². The van der Waals surface area contributed by atoms with Crippen molar-refractivity contribution in [1.29, 1.82) is 0 Å². The Morgan fingerprint density at radius 2 is 1.65 bits per heavy atom. The summed E-state index contributed by atoms with van der Waals surface area (Å²) in [6, 6.07) is 17.6. The van der Waals surface area contributed by atoms with Crippen molar-refractivity contribution >= 4 is 6.09 Å². The zero-order valence-electron chi connectivity index (χ0n) is 13.1. The van der Waals surface area contributed by atoms with Crippen molar-refractivity contribution in [1.82, 2.24) is 5.32 Å². The molecule has 0 aliphatic heterocycles. The third-order valence-corrected chi connectivity index (χ3v) is 3.94. The number of hydrogen-bond donors (Lipinski definition) is 3. The van der Waals surface area contributed by atoms with Crippen LogP contribution in [0.1, 0.15) is 29.5 Å². The summed E-state index contributed by atoms with van der Waals surface area (Å²) < 4.78 is 0. The third kappa shape index (κ3) is 5.75. The smallest absolute Gasteiger partial charge is 0.404 e. The number of aryl methyl sites for hydroxylation is 1. The van der Waals surface area contributed by atoms with Gasteiger partial charge in [0.05, 0.1) is 6.61 Å². The largest absolute Gasteiger partial charge is 0.465 e. The Morgan fingerprint density at radius 3 is 2.30 bits per heavy atom. The molecule has 0 aromatic heterocycles. The second-order valence-electron chi connectivity index (χ2n) is 5.66. The second-order valence-corrected chi connectivity index (χ2v) is 5.66. The van der Waals surface area contributed by atoms with Gasteiger partial charge in [0.25, 0.3) is 0 Å². The van der Waals surface area contributed by atoms with E-state index in [1.165, 1.54) is 0 Å². The molecular weight excluding hydrogens is 290 g/mol. The maximum Gasteiger partial charge on any atom is 0.404 e. The average Bonchev–Trinajstić information content (AvgIpc) is 2.55. The van der Waals surface area contributed by atoms with Gasteiger partial charge in [0.2, 0.25) is 0 Å². The highest BCUT2D eigenvalue weighted by molar-refractivity contribution is 5.64. The minimum atomic E-state index is -0.985. The van der Waals surface area contributed by atoms with Crippen LogP contribution >= 0.6 is 0 Å². The Kier molecular flexibility index (Phi) is 6.63. The standard InChI is InChI=1S/C19H23NO3/c21-14-17-10-5-4-9-16(17)11-6-12-18(20-19(22)23)13-15-7-2-1-3-8-15/h1-5,7-10,18,20-21H,6,11-14H2,(H,22,23). The first kappa shape index (κ1) is 17.0. The molecule has 0 spiro atoms. The molecule has 2 aromatic rings. The Morgan fingerprint density at radius 1 is 1.00 bits per heavy atom. The van der Waals surface area contributed by atoms with Crippen LogP contribution in [-0.4, -0.2) is 22.3 Å². The SMILES string of the molecule is O=C(O)NC(CCCc1ccccc1CO)Cc1ccccc1. The van der Waals surface area contributed by atoms with Crippen molar-refractivity contribution in [3.05, 3.63) is 71.3 Å². The predicted octanol–water partition coefficient (Wildman–Crippen LogP) is 3.38. The zero-order valence-corrected chi connectivity index (χ0v) is 13.1. The fourth-order valence-corrected chi connectivity index (χ4v) is 2.79. The Labute approximate surface area is 136 Å². The molecule has 0 radical (unpaired) electrons. The molecule has 0 fully saturated rings. The van der Waals surface area contributed by atoms with E-state index in [1.807, 2.05) is 54.6 Å². The van der Waals surface area contributed by atoms with E-state index in [2.05, 4.69) is 5.32 Å². The highest BCUT2D eigenvalue weighted by Gasteiger charge is 2.12. The molecule has 0 heterocycles. The number of rotatable bonds is 8. The first-order chi connectivity index (χ1) is 11.2. The van der Waals surface area contributed by atoms with E-state index in [4.69, 9.17) is 5.11 Å². The number of hydrogen-bond acceptors (Lipinski definition) is 2. The molecule has 0 bridgehead atoms. The van der Waals surface area contributed by atoms with Gasteiger partial charge >= 0.3 is 6.09 Å². The van der Waals surface area contributed by atoms with Crippen LogP contribution in [0.25, 0.3) is 0 Å². The summed E-state index contributed by atoms with van der Waals surface area (Å²) in [6.45, 7) is 0.0387. The fourth-order valence-electron chi connectivity index (χ4n) is 2.79. The van der Waals surface area contributed by atoms with Crippen molar-refractivity contribution in [3.63, 3.8) is 0 Å². The van der Waals surface area contributed by atoms with E-state index in [1.54, 1.807) is 0 Å². The van der Waals surface area contributed by atoms with Crippen molar-refractivity contribution in [2.75, 3.05) is 0 Å². The summed E-state index contributed by atoms with van der Waals surface area (Å²) in [7, 11) is 0. The Hall–Kier alpha value is -2.33. The lowest BCUT2D eigenvalue weighted by molar-refractivity contribution is 0.189. The zero-order chi connectivity index (χ0) is 16.5. The number of aliphatic hydroxyl groups excluding tert-OH is 1. The van der Waals surface area contributed by atoms with Gasteiger partial charge in [-0.3, -0.25) is 0 Å². The van der Waals surface area contributed by atoms with Crippen LogP contribution in [0.3, 0.4) is 0 Å². The van der Waals surface area contributed by atoms with Gasteiger partial charge in [-0.15, -0.1) is 0 Å². The van der Waals surface area contributed by atoms with Crippen LogP contribution in [0, 0.1) is 0 Å². The summed E-state index contributed by atoms with van der Waals surface area (Å²) in [4.78, 5) is 11.0. The molecule has 4 heteroatoms. The highest BCUT2D eigenvalue weighted by Crippen LogP contribution is 2.14. The summed E-state index contributed by atoms with van der Waals surface area (Å²) in [5.74, 6) is 0. The van der Waals surface area contributed by atoms with Crippen LogP contribution < -0.4 is 5.32 Å². The molecule has 0 saturated heterocycles. The van der Waals surface area contributed by atoms with Gasteiger partial charge in [-0.25, -0.2) is 4.79 Å². The van der Waals surface area contributed by atoms with E-state index in [-0.39, 0.29) is 12.6 Å². The molecule has 0 aliphatic rings. The highest BCUT2D eigenvalue weighted by atomic mass is 16.4. The minimum Gasteiger partial charge on any atom is -0.465 e. The van der Waals surface area contributed by atoms with E-state index in [0.717, 1.165) is 36.0 Å². The average molecular weight is 313 g/mol. The summed E-state index contributed by atoms with van der Waals surface area (Å²) in [6.07, 6.45) is 2.18. The molecular formula is C19H23NO3. The number of carbonyl (C=O) groups is 1. The molecule has 23 heavy (non-hydrogen) atoms. The van der Waals surface area contributed by atoms with Crippen molar-refractivity contribution < 1.29 is 15.0 Å². The maximum atomic E-state index is 11.0. The van der Waals surface area contributed by atoms with E-state index in [9.17, 15) is 9.90 Å². The van der Waals surface area contributed by atoms with Crippen LogP contribution in [-0.2, 0) is 19.4 Å². The summed E-state index contributed by atoms with van der Waals surface area (Å²) in [5.41, 5.74) is 3.20. The number of benzene rings is 2. The third-order valence-electron chi connectivity index (χ3n) is 3.94. The minimum absolute atomic E-state index is 0.0387. The number of carboxylic acid groups (broad SMARTS) is 1. The quantitative estimate of drug-likeness (QED) is 0.700. The summed E-state index contributed by atoms with van der Waals surface area (Å²) in [5, 5.41) is 21.0. The van der Waals surface area contributed by atoms with Crippen LogP contribution in [0.15, 0.2) is 54.6 Å². The predicted molar refractivity (Wildman–Crippen MR) is 90.4 cm³/mol. The van der Waals surface area contributed by atoms with Gasteiger partial charge in [-0.05, 0) is 42.4 Å². The lowest BCUT2D eigenvalue weighted by Crippen LogP contribution is -2.35. The van der Waals surface area contributed by atoms with E-state index >= 15 is 0 Å². The molecule has 2 rings (SSSR count). The maximum absolute atomic E-state index is 11.0. The van der Waals surface area contributed by atoms with E-state index in [0.29, 0.717) is 6.42 Å². The van der Waals surface area contributed by atoms with Crippen molar-refractivity contribution in [3.8, 4) is 0 Å². The molecule has 3 N–H and O–H groups in total. The van der Waals surface area contributed by atoms with Crippen LogP contribution in [0.2, 0.25) is 0 Å². The lowest BCUT2D eigenvalue weighted by Gasteiger charge is -2.17. The molecule has 1 atom stereocenters. The molecule has 122 valence electrons. The second kappa shape index (κ2) is 8.96. The number of amides is 1. The monoisotopic (exact) mass is 313 g/mol. The van der Waals surface area contributed by atoms with Crippen LogP contribution in [0.5, 0.6) is 0 Å². The van der Waals surface area contributed by atoms with E-state index < -0.39 is 6.09 Å².